The number of carbonyl (C=O) groups is 2. The van der Waals surface area contributed by atoms with E-state index in [2.05, 4.69) is 4.90 Å². The Morgan fingerprint density at radius 2 is 1.83 bits per heavy atom. The minimum atomic E-state index is -0.263. The van der Waals surface area contributed by atoms with Crippen LogP contribution >= 0.6 is 0 Å². The summed E-state index contributed by atoms with van der Waals surface area (Å²) in [5.74, 6) is -0.343. The molecule has 29 heavy (non-hydrogen) atoms. The van der Waals surface area contributed by atoms with Crippen LogP contribution in [0, 0.1) is 0 Å². The maximum absolute atomic E-state index is 12.9. The highest BCUT2D eigenvalue weighted by molar-refractivity contribution is 6.05. The van der Waals surface area contributed by atoms with Crippen molar-refractivity contribution in [1.82, 2.24) is 4.57 Å². The molecule has 0 atom stereocenters. The lowest BCUT2D eigenvalue weighted by molar-refractivity contribution is -0.140. The highest BCUT2D eigenvalue weighted by Gasteiger charge is 2.17. The molecule has 5 heteroatoms. The number of anilines is 1. The van der Waals surface area contributed by atoms with Crippen LogP contribution in [-0.4, -0.2) is 29.6 Å². The van der Waals surface area contributed by atoms with Gasteiger partial charge in [-0.05, 0) is 36.3 Å². The third-order valence-electron chi connectivity index (χ3n) is 4.92. The quantitative estimate of drug-likeness (QED) is 0.364. The van der Waals surface area contributed by atoms with Crippen LogP contribution in [0.5, 0.6) is 0 Å². The monoisotopic (exact) mass is 386 g/mol. The Balaban J connectivity index is 1.58. The molecule has 146 valence electrons. The summed E-state index contributed by atoms with van der Waals surface area (Å²) in [4.78, 5) is 26.0. The van der Waals surface area contributed by atoms with Gasteiger partial charge in [-0.25, -0.2) is 0 Å². The Kier molecular flexibility index (Phi) is 5.29. The summed E-state index contributed by atoms with van der Waals surface area (Å²) in [6, 6.07) is 17.8. The predicted octanol–water partition coefficient (Wildman–Crippen LogP) is 4.65. The number of rotatable bonds is 5. The van der Waals surface area contributed by atoms with Gasteiger partial charge in [-0.2, -0.15) is 0 Å². The number of carbonyl (C=O) groups excluding carboxylic acids is 2. The van der Waals surface area contributed by atoms with Gasteiger partial charge in [-0.15, -0.1) is 0 Å². The summed E-state index contributed by atoms with van der Waals surface area (Å²) in [6.07, 6.45) is 8.15. The molecule has 0 saturated heterocycles. The van der Waals surface area contributed by atoms with Crippen LogP contribution in [0.15, 0.2) is 79.1 Å². The number of nitrogens with zero attached hydrogens (tertiary/aromatic N) is 2. The number of ether oxygens (including phenoxy) is 1. The van der Waals surface area contributed by atoms with E-state index in [0.717, 1.165) is 40.7 Å². The molecule has 0 spiro atoms. The van der Waals surface area contributed by atoms with Gasteiger partial charge in [0.15, 0.2) is 0 Å². The number of aromatic nitrogens is 1. The first kappa shape index (κ1) is 18.7. The van der Waals surface area contributed by atoms with Gasteiger partial charge >= 0.3 is 5.97 Å². The first-order valence-electron chi connectivity index (χ1n) is 9.63. The second-order valence-corrected chi connectivity index (χ2v) is 6.90. The topological polar surface area (TPSA) is 51.5 Å². The number of para-hydroxylation sites is 2. The molecule has 0 aliphatic carbocycles. The molecule has 4 rings (SSSR count). The normalized spacial score (nSPS) is 14.2. The summed E-state index contributed by atoms with van der Waals surface area (Å²) in [6.45, 7) is 2.53. The van der Waals surface area contributed by atoms with E-state index in [1.54, 1.807) is 10.6 Å². The Labute approximate surface area is 169 Å². The Morgan fingerprint density at radius 3 is 2.69 bits per heavy atom. The third-order valence-corrected chi connectivity index (χ3v) is 4.92. The lowest BCUT2D eigenvalue weighted by atomic mass is 9.99. The molecular formula is C24H22N2O3. The molecule has 3 aromatic rings. The van der Waals surface area contributed by atoms with E-state index < -0.39 is 0 Å². The van der Waals surface area contributed by atoms with Crippen molar-refractivity contribution in [2.24, 2.45) is 0 Å². The molecule has 0 fully saturated rings. The van der Waals surface area contributed by atoms with E-state index in [4.69, 9.17) is 4.74 Å². The second-order valence-electron chi connectivity index (χ2n) is 6.90. The van der Waals surface area contributed by atoms with Gasteiger partial charge in [0.25, 0.3) is 5.91 Å². The summed E-state index contributed by atoms with van der Waals surface area (Å²) < 4.78 is 6.69. The maximum Gasteiger partial charge on any atom is 0.302 e. The van der Waals surface area contributed by atoms with Gasteiger partial charge in [-0.3, -0.25) is 14.2 Å². The smallest absolute Gasteiger partial charge is 0.302 e. The predicted molar refractivity (Wildman–Crippen MR) is 115 cm³/mol. The third kappa shape index (κ3) is 3.99. The van der Waals surface area contributed by atoms with Crippen LogP contribution in [-0.2, 0) is 9.53 Å². The molecule has 1 aliphatic heterocycles. The fourth-order valence-electron chi connectivity index (χ4n) is 3.56. The Bertz CT molecular complexity index is 1120. The molecule has 0 saturated carbocycles. The fourth-order valence-corrected chi connectivity index (χ4v) is 3.56. The van der Waals surface area contributed by atoms with Crippen molar-refractivity contribution in [2.75, 3.05) is 18.1 Å². The van der Waals surface area contributed by atoms with Crippen molar-refractivity contribution in [3.63, 3.8) is 0 Å². The number of allylic oxidation sites excluding steroid dienone is 3. The van der Waals surface area contributed by atoms with Crippen LogP contribution < -0.4 is 4.90 Å². The maximum atomic E-state index is 12.9. The van der Waals surface area contributed by atoms with E-state index in [1.807, 2.05) is 73.1 Å². The molecule has 2 aromatic carbocycles. The van der Waals surface area contributed by atoms with E-state index in [-0.39, 0.29) is 11.9 Å². The first-order chi connectivity index (χ1) is 14.1. The average Bonchev–Trinajstić information content (AvgIpc) is 3.16. The van der Waals surface area contributed by atoms with Crippen LogP contribution in [0.25, 0.3) is 16.5 Å². The average molecular weight is 386 g/mol. The summed E-state index contributed by atoms with van der Waals surface area (Å²) in [7, 11) is 0. The van der Waals surface area contributed by atoms with Gasteiger partial charge in [-0.1, -0.05) is 36.4 Å². The van der Waals surface area contributed by atoms with Gasteiger partial charge in [0.2, 0.25) is 0 Å². The lowest BCUT2D eigenvalue weighted by Crippen LogP contribution is -2.22. The van der Waals surface area contributed by atoms with E-state index in [9.17, 15) is 9.59 Å². The molecule has 0 radical (unpaired) electrons. The van der Waals surface area contributed by atoms with Crippen LogP contribution in [0.1, 0.15) is 23.7 Å². The van der Waals surface area contributed by atoms with Crippen molar-refractivity contribution < 1.29 is 14.3 Å². The van der Waals surface area contributed by atoms with Crippen molar-refractivity contribution in [2.45, 2.75) is 13.3 Å². The number of hydrogen-bond donors (Lipinski definition) is 0. The number of benzene rings is 2. The molecular weight excluding hydrogens is 364 g/mol. The van der Waals surface area contributed by atoms with E-state index >= 15 is 0 Å². The number of hydrogen-bond acceptors (Lipinski definition) is 4. The van der Waals surface area contributed by atoms with Crippen molar-refractivity contribution in [1.29, 1.82) is 0 Å². The van der Waals surface area contributed by atoms with Crippen molar-refractivity contribution in [3.8, 4) is 0 Å². The van der Waals surface area contributed by atoms with Crippen LogP contribution in [0.4, 0.5) is 5.69 Å². The zero-order valence-corrected chi connectivity index (χ0v) is 16.2. The molecule has 0 bridgehead atoms. The molecule has 1 aromatic heterocycles. The summed E-state index contributed by atoms with van der Waals surface area (Å²) in [5, 5.41) is 1.04. The molecule has 2 heterocycles. The standard InChI is InChI=1S/C24H22N2O3/c1-18(27)29-16-6-13-25-14-11-20(21-8-3-5-10-23(21)25)17-24(28)26-15-12-19-7-2-4-9-22(19)26/h2-5,7-12,14-15,17H,6,13,16H2,1H3/b20-17+. The highest BCUT2D eigenvalue weighted by atomic mass is 16.5. The number of esters is 1. The Hall–Kier alpha value is -3.60. The zero-order chi connectivity index (χ0) is 20.2. The summed E-state index contributed by atoms with van der Waals surface area (Å²) >= 11 is 0. The van der Waals surface area contributed by atoms with Gasteiger partial charge in [0, 0.05) is 48.6 Å². The first-order valence-corrected chi connectivity index (χ1v) is 9.63. The molecule has 0 unspecified atom stereocenters. The largest absolute Gasteiger partial charge is 0.466 e. The van der Waals surface area contributed by atoms with Crippen molar-refractivity contribution >= 4 is 34.0 Å². The summed E-state index contributed by atoms with van der Waals surface area (Å²) in [5.41, 5.74) is 3.82. The van der Waals surface area contributed by atoms with E-state index in [1.165, 1.54) is 6.92 Å². The van der Waals surface area contributed by atoms with Crippen molar-refractivity contribution in [3.05, 3.63) is 84.7 Å². The minimum absolute atomic E-state index is 0.0797. The van der Waals surface area contributed by atoms with E-state index in [0.29, 0.717) is 6.61 Å². The molecule has 0 N–H and O–H groups in total. The minimum Gasteiger partial charge on any atom is -0.466 e. The van der Waals surface area contributed by atoms with Crippen LogP contribution in [0.3, 0.4) is 0 Å². The van der Waals surface area contributed by atoms with Gasteiger partial charge < -0.3 is 9.64 Å². The zero-order valence-electron chi connectivity index (χ0n) is 16.2. The second kappa shape index (κ2) is 8.19. The fraction of sp³-hybridized carbons (Fsp3) is 0.167. The van der Waals surface area contributed by atoms with Gasteiger partial charge in [0.05, 0.1) is 12.1 Å². The molecule has 0 amide bonds. The lowest BCUT2D eigenvalue weighted by Gasteiger charge is -2.27. The number of fused-ring (bicyclic) bond motifs is 2. The van der Waals surface area contributed by atoms with Gasteiger partial charge in [0.1, 0.15) is 0 Å². The Morgan fingerprint density at radius 1 is 1.03 bits per heavy atom. The molecule has 1 aliphatic rings. The molecule has 5 nitrogen and oxygen atoms in total. The van der Waals surface area contributed by atoms with Crippen LogP contribution in [0.2, 0.25) is 0 Å². The SMILES string of the molecule is CC(=O)OCCCN1C=C/C(=C\C(=O)n2ccc3ccccc32)c2ccccc21. The highest BCUT2D eigenvalue weighted by Crippen LogP contribution is 2.33.